The minimum absolute atomic E-state index is 0.990. The molecule has 0 atom stereocenters. The van der Waals surface area contributed by atoms with Gasteiger partial charge in [0.15, 0.2) is 0 Å². The summed E-state index contributed by atoms with van der Waals surface area (Å²) in [7, 11) is 0. The summed E-state index contributed by atoms with van der Waals surface area (Å²) in [6.45, 7) is 4.42. The van der Waals surface area contributed by atoms with Crippen molar-refractivity contribution in [3.8, 4) is 0 Å². The fourth-order valence-electron chi connectivity index (χ4n) is 0.927. The van der Waals surface area contributed by atoms with E-state index in [0.717, 1.165) is 6.42 Å². The second kappa shape index (κ2) is 10.5. The molecule has 0 N–H and O–H groups in total. The molecule has 0 saturated carbocycles. The summed E-state index contributed by atoms with van der Waals surface area (Å²) in [6.07, 6.45) is 17.1. The summed E-state index contributed by atoms with van der Waals surface area (Å²) in [6, 6.07) is 0. The Labute approximate surface area is 77.4 Å². The molecule has 0 aliphatic heterocycles. The Balaban J connectivity index is 3.12. The average molecular weight is 165 g/mol. The first-order chi connectivity index (χ1) is 5.91. The van der Waals surface area contributed by atoms with Crippen LogP contribution in [-0.2, 0) is 0 Å². The molecule has 0 unspecified atom stereocenters. The normalized spacial score (nSPS) is 11.8. The molecule has 0 aromatic heterocycles. The molecule has 0 nitrogen and oxygen atoms in total. The first-order valence-electron chi connectivity index (χ1n) is 5.11. The Morgan fingerprint density at radius 3 is 2.50 bits per heavy atom. The number of hydrogen-bond acceptors (Lipinski definition) is 0. The summed E-state index contributed by atoms with van der Waals surface area (Å²) in [5.74, 6) is 0. The van der Waals surface area contributed by atoms with Gasteiger partial charge in [0, 0.05) is 0 Å². The zero-order valence-electron chi connectivity index (χ0n) is 8.47. The quantitative estimate of drug-likeness (QED) is 0.390. The first-order valence-corrected chi connectivity index (χ1v) is 5.11. The van der Waals surface area contributed by atoms with E-state index >= 15 is 0 Å². The van der Waals surface area contributed by atoms with Gasteiger partial charge in [-0.15, -0.1) is 0 Å². The predicted octanol–water partition coefficient (Wildman–Crippen LogP) is 4.28. The summed E-state index contributed by atoms with van der Waals surface area (Å²) >= 11 is 0. The van der Waals surface area contributed by atoms with E-state index in [2.05, 4.69) is 38.2 Å². The lowest BCUT2D eigenvalue weighted by atomic mass is 10.2. The van der Waals surface area contributed by atoms with Gasteiger partial charge in [0.2, 0.25) is 0 Å². The molecule has 0 aliphatic rings. The van der Waals surface area contributed by atoms with Gasteiger partial charge in [0.05, 0.1) is 0 Å². The van der Waals surface area contributed by atoms with Crippen LogP contribution in [0.25, 0.3) is 0 Å². The highest BCUT2D eigenvalue weighted by molar-refractivity contribution is 4.87. The second-order valence-electron chi connectivity index (χ2n) is 3.01. The maximum absolute atomic E-state index is 3.27. The van der Waals surface area contributed by atoms with Crippen molar-refractivity contribution in [2.75, 3.05) is 0 Å². The minimum Gasteiger partial charge on any atom is -0.0882 e. The number of allylic oxidation sites excluding steroid dienone is 4. The van der Waals surface area contributed by atoms with Crippen LogP contribution in [0.1, 0.15) is 52.4 Å². The van der Waals surface area contributed by atoms with Crippen LogP contribution in [0, 0.1) is 6.08 Å². The number of unbranched alkanes of at least 4 members (excludes halogenated alkanes) is 3. The van der Waals surface area contributed by atoms with Crippen molar-refractivity contribution in [3.63, 3.8) is 0 Å². The van der Waals surface area contributed by atoms with Crippen molar-refractivity contribution in [2.45, 2.75) is 52.4 Å². The molecular weight excluding hydrogens is 144 g/mol. The molecule has 0 amide bonds. The van der Waals surface area contributed by atoms with E-state index in [9.17, 15) is 0 Å². The number of rotatable bonds is 7. The van der Waals surface area contributed by atoms with E-state index in [1.807, 2.05) is 0 Å². The molecule has 0 heteroatoms. The topological polar surface area (TPSA) is 0 Å². The van der Waals surface area contributed by atoms with E-state index in [0.29, 0.717) is 0 Å². The third kappa shape index (κ3) is 9.48. The van der Waals surface area contributed by atoms with Crippen LogP contribution in [0.15, 0.2) is 18.2 Å². The van der Waals surface area contributed by atoms with E-state index in [1.165, 1.54) is 32.1 Å². The van der Waals surface area contributed by atoms with Crippen LogP contribution in [-0.4, -0.2) is 0 Å². The van der Waals surface area contributed by atoms with Crippen LogP contribution in [0.5, 0.6) is 0 Å². The average Bonchev–Trinajstić information content (AvgIpc) is 2.10. The Morgan fingerprint density at radius 2 is 1.83 bits per heavy atom. The zero-order valence-corrected chi connectivity index (χ0v) is 8.47. The van der Waals surface area contributed by atoms with E-state index < -0.39 is 0 Å². The van der Waals surface area contributed by atoms with E-state index in [1.54, 1.807) is 0 Å². The summed E-state index contributed by atoms with van der Waals surface area (Å²) < 4.78 is 0. The maximum atomic E-state index is 3.27. The SMILES string of the molecule is CCCC=CC/[C]=C/CCCC. The molecular formula is C12H21. The van der Waals surface area contributed by atoms with E-state index in [4.69, 9.17) is 0 Å². The van der Waals surface area contributed by atoms with Gasteiger partial charge in [-0.3, -0.25) is 0 Å². The third-order valence-electron chi connectivity index (χ3n) is 1.70. The standard InChI is InChI=1S/C12H21/c1-3-5-7-9-11-12-10-8-6-4-2/h7,9-10H,3-6,8,11H2,1-2H3. The van der Waals surface area contributed by atoms with Crippen LogP contribution >= 0.6 is 0 Å². The van der Waals surface area contributed by atoms with Gasteiger partial charge in [-0.25, -0.2) is 0 Å². The fourth-order valence-corrected chi connectivity index (χ4v) is 0.927. The molecule has 0 aliphatic carbocycles. The molecule has 1 radical (unpaired) electrons. The third-order valence-corrected chi connectivity index (χ3v) is 1.70. The lowest BCUT2D eigenvalue weighted by Gasteiger charge is -1.87. The van der Waals surface area contributed by atoms with Crippen molar-refractivity contribution in [1.82, 2.24) is 0 Å². The van der Waals surface area contributed by atoms with Crippen LogP contribution in [0.2, 0.25) is 0 Å². The highest BCUT2D eigenvalue weighted by Crippen LogP contribution is 1.96. The van der Waals surface area contributed by atoms with Crippen molar-refractivity contribution < 1.29 is 0 Å². The maximum Gasteiger partial charge on any atom is -0.00979 e. The molecule has 0 saturated heterocycles. The Kier molecular flexibility index (Phi) is 10.0. The fraction of sp³-hybridized carbons (Fsp3) is 0.667. The Bertz CT molecular complexity index is 120. The van der Waals surface area contributed by atoms with Crippen molar-refractivity contribution in [3.05, 3.63) is 24.3 Å². The molecule has 0 bridgehead atoms. The Morgan fingerprint density at radius 1 is 1.00 bits per heavy atom. The molecule has 0 fully saturated rings. The zero-order chi connectivity index (χ0) is 9.07. The minimum atomic E-state index is 0.990. The highest BCUT2D eigenvalue weighted by Gasteiger charge is 1.77. The van der Waals surface area contributed by atoms with Gasteiger partial charge in [0.25, 0.3) is 0 Å². The Hall–Kier alpha value is -0.520. The molecule has 0 spiro atoms. The summed E-state index contributed by atoms with van der Waals surface area (Å²) in [4.78, 5) is 0. The lowest BCUT2D eigenvalue weighted by Crippen LogP contribution is -1.67. The first kappa shape index (κ1) is 11.5. The van der Waals surface area contributed by atoms with Crippen molar-refractivity contribution in [2.24, 2.45) is 0 Å². The highest BCUT2D eigenvalue weighted by atomic mass is 13.8. The van der Waals surface area contributed by atoms with Crippen molar-refractivity contribution >= 4 is 0 Å². The van der Waals surface area contributed by atoms with Gasteiger partial charge in [-0.05, 0) is 25.3 Å². The van der Waals surface area contributed by atoms with Gasteiger partial charge in [0.1, 0.15) is 0 Å². The molecule has 12 heavy (non-hydrogen) atoms. The molecule has 0 aromatic carbocycles. The van der Waals surface area contributed by atoms with Gasteiger partial charge >= 0.3 is 0 Å². The summed E-state index contributed by atoms with van der Waals surface area (Å²) in [5, 5.41) is 0. The second-order valence-corrected chi connectivity index (χ2v) is 3.01. The van der Waals surface area contributed by atoms with Gasteiger partial charge in [-0.1, -0.05) is 51.3 Å². The lowest BCUT2D eigenvalue weighted by molar-refractivity contribution is 0.812. The monoisotopic (exact) mass is 165 g/mol. The van der Waals surface area contributed by atoms with Gasteiger partial charge < -0.3 is 0 Å². The molecule has 0 aromatic rings. The van der Waals surface area contributed by atoms with Crippen LogP contribution in [0.3, 0.4) is 0 Å². The van der Waals surface area contributed by atoms with Crippen molar-refractivity contribution in [1.29, 1.82) is 0 Å². The largest absolute Gasteiger partial charge is 0.0882 e. The molecule has 0 rings (SSSR count). The number of hydrogen-bond donors (Lipinski definition) is 0. The molecule has 0 heterocycles. The molecule has 69 valence electrons. The van der Waals surface area contributed by atoms with Gasteiger partial charge in [-0.2, -0.15) is 0 Å². The van der Waals surface area contributed by atoms with Crippen LogP contribution in [0.4, 0.5) is 0 Å². The smallest absolute Gasteiger partial charge is 0.00979 e. The van der Waals surface area contributed by atoms with E-state index in [-0.39, 0.29) is 0 Å². The van der Waals surface area contributed by atoms with Crippen LogP contribution < -0.4 is 0 Å². The predicted molar refractivity (Wildman–Crippen MR) is 56.0 cm³/mol. The summed E-state index contributed by atoms with van der Waals surface area (Å²) in [5.41, 5.74) is 0.